The van der Waals surface area contributed by atoms with Gasteiger partial charge in [0.25, 0.3) is 0 Å². The van der Waals surface area contributed by atoms with Gasteiger partial charge in [-0.1, -0.05) is 20.8 Å². The van der Waals surface area contributed by atoms with E-state index >= 15 is 0 Å². The summed E-state index contributed by atoms with van der Waals surface area (Å²) in [7, 11) is 0. The van der Waals surface area contributed by atoms with Crippen LogP contribution in [0.25, 0.3) is 0 Å². The van der Waals surface area contributed by atoms with E-state index in [2.05, 4.69) is 36.3 Å². The number of rotatable bonds is 3. The van der Waals surface area contributed by atoms with Crippen molar-refractivity contribution < 1.29 is 0 Å². The minimum atomic E-state index is 0.659. The zero-order valence-corrected chi connectivity index (χ0v) is 9.22. The first kappa shape index (κ1) is 9.56. The van der Waals surface area contributed by atoms with Crippen LogP contribution in [0, 0.1) is 5.92 Å². The molecular formula is C11H19N3. The normalized spacial score (nSPS) is 20.1. The Bertz CT molecular complexity index is 314. The van der Waals surface area contributed by atoms with Crippen LogP contribution in [0.4, 0.5) is 5.82 Å². The highest BCUT2D eigenvalue weighted by Gasteiger charge is 2.24. The van der Waals surface area contributed by atoms with Crippen molar-refractivity contribution in [2.45, 2.75) is 39.5 Å². The molecular weight excluding hydrogens is 174 g/mol. The fourth-order valence-electron chi connectivity index (χ4n) is 1.99. The predicted molar refractivity (Wildman–Crippen MR) is 58.7 cm³/mol. The van der Waals surface area contributed by atoms with Crippen molar-refractivity contribution in [1.29, 1.82) is 0 Å². The van der Waals surface area contributed by atoms with Crippen molar-refractivity contribution in [3.63, 3.8) is 0 Å². The Morgan fingerprint density at radius 1 is 1.57 bits per heavy atom. The number of nitrogens with one attached hydrogen (secondary N) is 2. The third-order valence-electron chi connectivity index (χ3n) is 2.90. The molecule has 1 aliphatic rings. The summed E-state index contributed by atoms with van der Waals surface area (Å²) in [6.07, 6.45) is 2.44. The van der Waals surface area contributed by atoms with E-state index in [-0.39, 0.29) is 0 Å². The second-order valence-electron chi connectivity index (χ2n) is 4.68. The second-order valence-corrected chi connectivity index (χ2v) is 4.68. The van der Waals surface area contributed by atoms with Crippen molar-refractivity contribution in [2.75, 3.05) is 11.9 Å². The number of aromatic amines is 1. The van der Waals surface area contributed by atoms with Gasteiger partial charge in [0.2, 0.25) is 0 Å². The van der Waals surface area contributed by atoms with Crippen LogP contribution < -0.4 is 5.32 Å². The summed E-state index contributed by atoms with van der Waals surface area (Å²) >= 11 is 0. The fourth-order valence-corrected chi connectivity index (χ4v) is 1.99. The number of hydrogen-bond donors (Lipinski definition) is 2. The van der Waals surface area contributed by atoms with Crippen LogP contribution >= 0.6 is 0 Å². The highest BCUT2D eigenvalue weighted by molar-refractivity contribution is 5.49. The second kappa shape index (κ2) is 3.64. The smallest absolute Gasteiger partial charge is 0.151 e. The van der Waals surface area contributed by atoms with Crippen LogP contribution in [-0.2, 0) is 6.42 Å². The van der Waals surface area contributed by atoms with Crippen molar-refractivity contribution >= 4 is 5.82 Å². The average molecular weight is 193 g/mol. The number of fused-ring (bicyclic) bond motifs is 1. The lowest BCUT2D eigenvalue weighted by atomic mass is 10.1. The zero-order chi connectivity index (χ0) is 10.1. The molecule has 78 valence electrons. The van der Waals surface area contributed by atoms with Gasteiger partial charge in [-0.3, -0.25) is 5.10 Å². The highest BCUT2D eigenvalue weighted by atomic mass is 15.2. The van der Waals surface area contributed by atoms with Crippen molar-refractivity contribution in [2.24, 2.45) is 5.92 Å². The molecule has 14 heavy (non-hydrogen) atoms. The summed E-state index contributed by atoms with van der Waals surface area (Å²) in [5.74, 6) is 2.41. The van der Waals surface area contributed by atoms with Crippen LogP contribution in [0.1, 0.15) is 44.4 Å². The topological polar surface area (TPSA) is 40.7 Å². The number of anilines is 1. The Labute approximate surface area is 85.3 Å². The molecule has 2 rings (SSSR count). The van der Waals surface area contributed by atoms with Crippen LogP contribution in [0.5, 0.6) is 0 Å². The van der Waals surface area contributed by atoms with Gasteiger partial charge in [0.1, 0.15) is 0 Å². The minimum Gasteiger partial charge on any atom is -0.368 e. The van der Waals surface area contributed by atoms with Crippen molar-refractivity contribution in [1.82, 2.24) is 10.2 Å². The lowest BCUT2D eigenvalue weighted by Gasteiger charge is -2.06. The largest absolute Gasteiger partial charge is 0.368 e. The van der Waals surface area contributed by atoms with Crippen molar-refractivity contribution in [3.05, 3.63) is 11.3 Å². The van der Waals surface area contributed by atoms with Gasteiger partial charge in [0.05, 0.1) is 0 Å². The van der Waals surface area contributed by atoms with Gasteiger partial charge in [0, 0.05) is 17.8 Å². The summed E-state index contributed by atoms with van der Waals surface area (Å²) < 4.78 is 0. The van der Waals surface area contributed by atoms with Gasteiger partial charge in [-0.05, 0) is 24.7 Å². The fraction of sp³-hybridized carbons (Fsp3) is 0.727. The van der Waals surface area contributed by atoms with Crippen LogP contribution in [0.3, 0.4) is 0 Å². The Morgan fingerprint density at radius 3 is 3.07 bits per heavy atom. The molecule has 1 atom stereocenters. The molecule has 0 saturated carbocycles. The monoisotopic (exact) mass is 193 g/mol. The van der Waals surface area contributed by atoms with Crippen LogP contribution in [-0.4, -0.2) is 16.7 Å². The van der Waals surface area contributed by atoms with Gasteiger partial charge >= 0.3 is 0 Å². The van der Waals surface area contributed by atoms with E-state index in [1.807, 2.05) is 0 Å². The number of aromatic nitrogens is 2. The molecule has 3 heteroatoms. The van der Waals surface area contributed by atoms with E-state index in [0.29, 0.717) is 11.8 Å². The lowest BCUT2D eigenvalue weighted by molar-refractivity contribution is 0.683. The number of hydrogen-bond acceptors (Lipinski definition) is 2. The van der Waals surface area contributed by atoms with Crippen LogP contribution in [0.2, 0.25) is 0 Å². The molecule has 0 aromatic carbocycles. The van der Waals surface area contributed by atoms with E-state index in [9.17, 15) is 0 Å². The first-order chi connectivity index (χ1) is 6.68. The summed E-state index contributed by atoms with van der Waals surface area (Å²) in [4.78, 5) is 0. The summed E-state index contributed by atoms with van der Waals surface area (Å²) in [5.41, 5.74) is 2.76. The molecule has 0 aliphatic heterocycles. The predicted octanol–water partition coefficient (Wildman–Crippen LogP) is 2.53. The molecule has 0 bridgehead atoms. The first-order valence-corrected chi connectivity index (χ1v) is 5.49. The lowest BCUT2D eigenvalue weighted by Crippen LogP contribution is -2.09. The number of H-pyrrole nitrogens is 1. The van der Waals surface area contributed by atoms with E-state index in [1.54, 1.807) is 0 Å². The molecule has 0 radical (unpaired) electrons. The molecule has 0 saturated heterocycles. The Balaban J connectivity index is 2.09. The molecule has 1 aromatic heterocycles. The summed E-state index contributed by atoms with van der Waals surface area (Å²) in [6.45, 7) is 7.69. The maximum absolute atomic E-state index is 4.32. The van der Waals surface area contributed by atoms with Gasteiger partial charge in [-0.15, -0.1) is 0 Å². The SMILES string of the molecule is CC(C)CNc1n[nH]c2c1CCC2C. The average Bonchev–Trinajstić information content (AvgIpc) is 2.66. The van der Waals surface area contributed by atoms with Gasteiger partial charge in [-0.25, -0.2) is 0 Å². The van der Waals surface area contributed by atoms with E-state index < -0.39 is 0 Å². The van der Waals surface area contributed by atoms with E-state index in [4.69, 9.17) is 0 Å². The van der Waals surface area contributed by atoms with Gasteiger partial charge in [-0.2, -0.15) is 5.10 Å². The third-order valence-corrected chi connectivity index (χ3v) is 2.90. The molecule has 1 aromatic rings. The van der Waals surface area contributed by atoms with Crippen molar-refractivity contribution in [3.8, 4) is 0 Å². The molecule has 0 spiro atoms. The molecule has 1 unspecified atom stereocenters. The summed E-state index contributed by atoms with van der Waals surface area (Å²) in [6, 6.07) is 0. The Hall–Kier alpha value is -0.990. The molecule has 1 heterocycles. The Morgan fingerprint density at radius 2 is 2.36 bits per heavy atom. The quantitative estimate of drug-likeness (QED) is 0.774. The standard InChI is InChI=1S/C11H19N3/c1-7(2)6-12-11-9-5-4-8(3)10(9)13-14-11/h7-8H,4-6H2,1-3H3,(H2,12,13,14). The number of nitrogens with zero attached hydrogens (tertiary/aromatic N) is 1. The minimum absolute atomic E-state index is 0.659. The van der Waals surface area contributed by atoms with E-state index in [1.165, 1.54) is 24.1 Å². The van der Waals surface area contributed by atoms with Gasteiger partial charge in [0.15, 0.2) is 5.82 Å². The third kappa shape index (κ3) is 1.63. The van der Waals surface area contributed by atoms with Gasteiger partial charge < -0.3 is 5.32 Å². The zero-order valence-electron chi connectivity index (χ0n) is 9.22. The maximum Gasteiger partial charge on any atom is 0.151 e. The summed E-state index contributed by atoms with van der Waals surface area (Å²) in [5, 5.41) is 10.9. The Kier molecular flexibility index (Phi) is 2.48. The molecule has 0 fully saturated rings. The maximum atomic E-state index is 4.32. The molecule has 3 nitrogen and oxygen atoms in total. The highest BCUT2D eigenvalue weighted by Crippen LogP contribution is 2.34. The van der Waals surface area contributed by atoms with E-state index in [0.717, 1.165) is 12.4 Å². The molecule has 1 aliphatic carbocycles. The molecule has 0 amide bonds. The van der Waals surface area contributed by atoms with Crippen LogP contribution in [0.15, 0.2) is 0 Å². The first-order valence-electron chi connectivity index (χ1n) is 5.49. The molecule has 2 N–H and O–H groups in total.